The monoisotopic (exact) mass is 503 g/mol. The van der Waals surface area contributed by atoms with Crippen LogP contribution in [0.25, 0.3) is 16.0 Å². The number of carbonyl (C=O) groups excluding carboxylic acids is 2. The third-order valence-electron chi connectivity index (χ3n) is 6.01. The van der Waals surface area contributed by atoms with E-state index in [1.807, 2.05) is 26.0 Å². The van der Waals surface area contributed by atoms with Crippen molar-refractivity contribution in [3.8, 4) is 0 Å². The highest BCUT2D eigenvalue weighted by atomic mass is 32.1. The van der Waals surface area contributed by atoms with Crippen molar-refractivity contribution in [1.29, 1.82) is 0 Å². The number of aliphatic hydroxyl groups excluding tert-OH is 1. The first kappa shape index (κ1) is 23.3. The molecule has 8 nitrogen and oxygen atoms in total. The van der Waals surface area contributed by atoms with Gasteiger partial charge in [0.25, 0.3) is 11.5 Å². The SMILES string of the molecule is Cc1cc(C)c2nc(N3C(=O)C(=O)/C(=C(/O)c4ccc(F)cc4)[C@H]3c3ccc([N+](=O)[O-])cc3)sc2c1. The van der Waals surface area contributed by atoms with E-state index >= 15 is 0 Å². The molecule has 2 heterocycles. The van der Waals surface area contributed by atoms with E-state index in [9.17, 15) is 29.2 Å². The molecule has 1 aromatic heterocycles. The second-order valence-corrected chi connectivity index (χ2v) is 9.46. The van der Waals surface area contributed by atoms with Crippen LogP contribution in [0.4, 0.5) is 15.2 Å². The van der Waals surface area contributed by atoms with Crippen LogP contribution < -0.4 is 4.90 Å². The molecule has 0 spiro atoms. The molecule has 1 N–H and O–H groups in total. The van der Waals surface area contributed by atoms with Gasteiger partial charge in [-0.15, -0.1) is 0 Å². The Labute approximate surface area is 208 Å². The number of halogens is 1. The van der Waals surface area contributed by atoms with Gasteiger partial charge in [0.05, 0.1) is 26.8 Å². The number of nitro benzene ring substituents is 1. The van der Waals surface area contributed by atoms with Gasteiger partial charge in [-0.05, 0) is 73.0 Å². The molecular formula is C26H18FN3O5S. The van der Waals surface area contributed by atoms with Crippen molar-refractivity contribution in [2.24, 2.45) is 0 Å². The Hall–Kier alpha value is -4.44. The fourth-order valence-electron chi connectivity index (χ4n) is 4.35. The van der Waals surface area contributed by atoms with Gasteiger partial charge >= 0.3 is 5.91 Å². The van der Waals surface area contributed by atoms with E-state index in [2.05, 4.69) is 4.98 Å². The number of hydrogen-bond acceptors (Lipinski definition) is 7. The number of benzene rings is 3. The summed E-state index contributed by atoms with van der Waals surface area (Å²) >= 11 is 1.23. The smallest absolute Gasteiger partial charge is 0.301 e. The summed E-state index contributed by atoms with van der Waals surface area (Å²) in [4.78, 5) is 43.0. The zero-order valence-electron chi connectivity index (χ0n) is 19.1. The van der Waals surface area contributed by atoms with Gasteiger partial charge in [-0.25, -0.2) is 9.37 Å². The highest BCUT2D eigenvalue weighted by molar-refractivity contribution is 7.22. The summed E-state index contributed by atoms with van der Waals surface area (Å²) in [5.41, 5.74) is 2.74. The first-order valence-corrected chi connectivity index (χ1v) is 11.7. The van der Waals surface area contributed by atoms with Crippen LogP contribution >= 0.6 is 11.3 Å². The summed E-state index contributed by atoms with van der Waals surface area (Å²) in [5.74, 6) is -2.84. The zero-order chi connectivity index (χ0) is 25.7. The third-order valence-corrected chi connectivity index (χ3v) is 7.01. The number of aryl methyl sites for hydroxylation is 2. The Morgan fingerprint density at radius 3 is 2.39 bits per heavy atom. The standard InChI is InChI=1S/C26H18FN3O5S/c1-13-11-14(2)21-19(12-13)36-26(28-21)29-22(15-5-9-18(10-6-15)30(34)35)20(24(32)25(29)33)23(31)16-3-7-17(27)8-4-16/h3-12,22,31H,1-2H3/b23-20+/t22-/m1/s1. The predicted molar refractivity (Wildman–Crippen MR) is 133 cm³/mol. The van der Waals surface area contributed by atoms with E-state index in [1.54, 1.807) is 0 Å². The normalized spacial score (nSPS) is 17.2. The molecule has 0 bridgehead atoms. The van der Waals surface area contributed by atoms with E-state index in [1.165, 1.54) is 52.6 Å². The number of Topliss-reactive ketones (excluding diaryl/α,β-unsaturated/α-hetero) is 1. The second-order valence-electron chi connectivity index (χ2n) is 8.45. The molecular weight excluding hydrogens is 485 g/mol. The number of nitro groups is 1. The van der Waals surface area contributed by atoms with Gasteiger partial charge in [0.15, 0.2) is 5.13 Å². The first-order valence-electron chi connectivity index (χ1n) is 10.8. The molecule has 1 fully saturated rings. The molecule has 0 aliphatic carbocycles. The fraction of sp³-hybridized carbons (Fsp3) is 0.115. The van der Waals surface area contributed by atoms with Gasteiger partial charge in [-0.3, -0.25) is 24.6 Å². The van der Waals surface area contributed by atoms with Crippen LogP contribution in [0.5, 0.6) is 0 Å². The molecule has 3 aromatic carbocycles. The van der Waals surface area contributed by atoms with E-state index in [0.29, 0.717) is 11.1 Å². The molecule has 180 valence electrons. The van der Waals surface area contributed by atoms with Crippen molar-refractivity contribution in [2.75, 3.05) is 4.90 Å². The highest BCUT2D eigenvalue weighted by Crippen LogP contribution is 2.45. The molecule has 10 heteroatoms. The summed E-state index contributed by atoms with van der Waals surface area (Å²) in [6.07, 6.45) is 0. The lowest BCUT2D eigenvalue weighted by Crippen LogP contribution is -2.29. The lowest BCUT2D eigenvalue weighted by molar-refractivity contribution is -0.384. The van der Waals surface area contributed by atoms with Crippen LogP contribution in [0.1, 0.15) is 28.3 Å². The minimum atomic E-state index is -1.10. The lowest BCUT2D eigenvalue weighted by Gasteiger charge is -2.22. The van der Waals surface area contributed by atoms with Crippen LogP contribution in [0.2, 0.25) is 0 Å². The van der Waals surface area contributed by atoms with Gasteiger partial charge in [0.2, 0.25) is 0 Å². The van der Waals surface area contributed by atoms with Crippen molar-refractivity contribution in [3.05, 3.63) is 104 Å². The summed E-state index contributed by atoms with van der Waals surface area (Å²) in [5, 5.41) is 22.5. The summed E-state index contributed by atoms with van der Waals surface area (Å²) in [7, 11) is 0. The molecule has 1 amide bonds. The highest BCUT2D eigenvalue weighted by Gasteiger charge is 2.48. The molecule has 0 radical (unpaired) electrons. The number of fused-ring (bicyclic) bond motifs is 1. The Morgan fingerprint density at radius 2 is 1.75 bits per heavy atom. The quantitative estimate of drug-likeness (QED) is 0.128. The van der Waals surface area contributed by atoms with E-state index in [-0.39, 0.29) is 22.0 Å². The number of anilines is 1. The van der Waals surface area contributed by atoms with E-state index in [0.717, 1.165) is 28.0 Å². The minimum Gasteiger partial charge on any atom is -0.507 e. The number of thiazole rings is 1. The first-order chi connectivity index (χ1) is 17.2. The average Bonchev–Trinajstić information content (AvgIpc) is 3.38. The van der Waals surface area contributed by atoms with Crippen molar-refractivity contribution in [1.82, 2.24) is 4.98 Å². The number of aliphatic hydroxyl groups is 1. The summed E-state index contributed by atoms with van der Waals surface area (Å²) < 4.78 is 14.3. The second kappa shape index (κ2) is 8.65. The molecule has 1 saturated heterocycles. The fourth-order valence-corrected chi connectivity index (χ4v) is 5.52. The zero-order valence-corrected chi connectivity index (χ0v) is 19.9. The summed E-state index contributed by atoms with van der Waals surface area (Å²) in [6.45, 7) is 3.84. The predicted octanol–water partition coefficient (Wildman–Crippen LogP) is 5.59. The Bertz CT molecular complexity index is 1590. The van der Waals surface area contributed by atoms with E-state index < -0.39 is 34.2 Å². The molecule has 4 aromatic rings. The average molecular weight is 504 g/mol. The topological polar surface area (TPSA) is 114 Å². The van der Waals surface area contributed by atoms with Crippen LogP contribution in [0, 0.1) is 29.8 Å². The van der Waals surface area contributed by atoms with Crippen molar-refractivity contribution in [2.45, 2.75) is 19.9 Å². The van der Waals surface area contributed by atoms with Crippen molar-refractivity contribution in [3.63, 3.8) is 0 Å². The van der Waals surface area contributed by atoms with Crippen molar-refractivity contribution >= 4 is 49.8 Å². The largest absolute Gasteiger partial charge is 0.507 e. The van der Waals surface area contributed by atoms with Crippen LogP contribution in [0.3, 0.4) is 0 Å². The number of hydrogen-bond donors (Lipinski definition) is 1. The van der Waals surface area contributed by atoms with Gasteiger partial charge in [-0.1, -0.05) is 17.4 Å². The minimum absolute atomic E-state index is 0.150. The van der Waals surface area contributed by atoms with Crippen LogP contribution in [-0.4, -0.2) is 26.7 Å². The molecule has 1 aliphatic heterocycles. The number of aromatic nitrogens is 1. The molecule has 0 saturated carbocycles. The molecule has 0 unspecified atom stereocenters. The molecule has 1 aliphatic rings. The maximum Gasteiger partial charge on any atom is 0.301 e. The maximum atomic E-state index is 13.5. The lowest BCUT2D eigenvalue weighted by atomic mass is 9.95. The van der Waals surface area contributed by atoms with Crippen LogP contribution in [-0.2, 0) is 9.59 Å². The Balaban J connectivity index is 1.73. The van der Waals surface area contributed by atoms with Gasteiger partial charge < -0.3 is 5.11 Å². The van der Waals surface area contributed by atoms with Crippen LogP contribution in [0.15, 0.2) is 66.2 Å². The number of carbonyl (C=O) groups is 2. The molecule has 5 rings (SSSR count). The number of nitrogens with zero attached hydrogens (tertiary/aromatic N) is 3. The maximum absolute atomic E-state index is 13.5. The Kier molecular flexibility index (Phi) is 5.60. The number of rotatable bonds is 4. The van der Waals surface area contributed by atoms with Crippen molar-refractivity contribution < 1.29 is 24.0 Å². The third kappa shape index (κ3) is 3.81. The number of non-ortho nitro benzene ring substituents is 1. The summed E-state index contributed by atoms with van der Waals surface area (Å²) in [6, 6.07) is 13.0. The Morgan fingerprint density at radius 1 is 1.08 bits per heavy atom. The number of ketones is 1. The van der Waals surface area contributed by atoms with Gasteiger partial charge in [0.1, 0.15) is 11.6 Å². The van der Waals surface area contributed by atoms with Gasteiger partial charge in [-0.2, -0.15) is 0 Å². The number of amides is 1. The van der Waals surface area contributed by atoms with E-state index in [4.69, 9.17) is 0 Å². The molecule has 1 atom stereocenters. The van der Waals surface area contributed by atoms with Gasteiger partial charge in [0, 0.05) is 17.7 Å². The molecule has 36 heavy (non-hydrogen) atoms.